The summed E-state index contributed by atoms with van der Waals surface area (Å²) >= 11 is 0. The van der Waals surface area contributed by atoms with Gasteiger partial charge < -0.3 is 30.0 Å². The molecule has 1 aliphatic heterocycles. The summed E-state index contributed by atoms with van der Waals surface area (Å²) in [6, 6.07) is -0.0602. The second kappa shape index (κ2) is 16.8. The topological polar surface area (TPSA) is 161 Å². The molecule has 0 aromatic heterocycles. The highest BCUT2D eigenvalue weighted by molar-refractivity contribution is 7.91. The first-order valence-corrected chi connectivity index (χ1v) is 25.8. The molecule has 7 fully saturated rings. The molecule has 1 saturated heterocycles. The van der Waals surface area contributed by atoms with E-state index < -0.39 is 33.2 Å². The van der Waals surface area contributed by atoms with Crippen molar-refractivity contribution in [3.05, 3.63) is 0 Å². The van der Waals surface area contributed by atoms with Gasteiger partial charge in [-0.05, 0) is 128 Å². The van der Waals surface area contributed by atoms with E-state index in [1.807, 2.05) is 13.8 Å². The van der Waals surface area contributed by atoms with Crippen LogP contribution in [-0.4, -0.2) is 112 Å². The van der Waals surface area contributed by atoms with Crippen LogP contribution >= 0.6 is 0 Å². The number of amides is 1. The third kappa shape index (κ3) is 7.99. The molecule has 6 saturated carbocycles. The molecule has 12 nitrogen and oxygen atoms in total. The molecule has 7 rings (SSSR count). The zero-order valence-corrected chi connectivity index (χ0v) is 40.1. The van der Waals surface area contributed by atoms with Gasteiger partial charge in [-0.2, -0.15) is 0 Å². The summed E-state index contributed by atoms with van der Waals surface area (Å²) in [5.41, 5.74) is -0.318. The lowest BCUT2D eigenvalue weighted by molar-refractivity contribution is -0.249. The van der Waals surface area contributed by atoms with Gasteiger partial charge in [0, 0.05) is 50.3 Å². The highest BCUT2D eigenvalue weighted by Gasteiger charge is 2.71. The van der Waals surface area contributed by atoms with Crippen LogP contribution in [0.4, 0.5) is 4.79 Å². The molecule has 348 valence electrons. The van der Waals surface area contributed by atoms with Gasteiger partial charge >= 0.3 is 18.0 Å². The average molecular weight is 876 g/mol. The molecule has 6 aliphatic carbocycles. The zero-order chi connectivity index (χ0) is 44.6. The van der Waals surface area contributed by atoms with E-state index in [-0.39, 0.29) is 69.3 Å². The van der Waals surface area contributed by atoms with E-state index in [4.69, 9.17) is 14.2 Å². The lowest BCUT2D eigenvalue weighted by Gasteiger charge is -2.73. The van der Waals surface area contributed by atoms with Crippen LogP contribution in [0, 0.1) is 74.4 Å². The highest BCUT2D eigenvalue weighted by Crippen LogP contribution is 2.76. The van der Waals surface area contributed by atoms with E-state index in [9.17, 15) is 27.9 Å². The minimum atomic E-state index is -3.06. The van der Waals surface area contributed by atoms with Crippen molar-refractivity contribution in [2.75, 3.05) is 58.0 Å². The van der Waals surface area contributed by atoms with E-state index in [0.29, 0.717) is 74.7 Å². The van der Waals surface area contributed by atoms with E-state index in [0.717, 1.165) is 32.1 Å². The third-order valence-electron chi connectivity index (χ3n) is 20.0. The number of alkyl carbamates (subject to hydrolysis) is 1. The van der Waals surface area contributed by atoms with Crippen molar-refractivity contribution in [3.63, 3.8) is 0 Å². The number of carboxylic acids is 1. The number of fused-ring (bicyclic) bond motifs is 7. The fraction of sp³-hybridized carbons (Fsp3) is 0.938. The first-order chi connectivity index (χ1) is 28.5. The van der Waals surface area contributed by atoms with Crippen LogP contribution in [0.25, 0.3) is 0 Å². The van der Waals surface area contributed by atoms with E-state index in [1.165, 1.54) is 32.1 Å². The summed E-state index contributed by atoms with van der Waals surface area (Å²) in [5, 5.41) is 16.9. The lowest BCUT2D eigenvalue weighted by atomic mass is 9.32. The minimum absolute atomic E-state index is 0.00802. The Balaban J connectivity index is 1.09. The Kier molecular flexibility index (Phi) is 12.9. The predicted molar refractivity (Wildman–Crippen MR) is 235 cm³/mol. The van der Waals surface area contributed by atoms with Crippen molar-refractivity contribution >= 4 is 27.9 Å². The number of aliphatic carboxylic acids is 1. The van der Waals surface area contributed by atoms with Crippen molar-refractivity contribution in [1.82, 2.24) is 15.5 Å². The molecule has 0 aromatic rings. The molecule has 13 atom stereocenters. The fourth-order valence-corrected chi connectivity index (χ4v) is 17.3. The number of methoxy groups -OCH3 is 1. The van der Waals surface area contributed by atoms with Gasteiger partial charge in [0.25, 0.3) is 0 Å². The summed E-state index contributed by atoms with van der Waals surface area (Å²) in [6.45, 7) is 23.8. The Bertz CT molecular complexity index is 1760. The van der Waals surface area contributed by atoms with Crippen LogP contribution in [0.15, 0.2) is 0 Å². The fourth-order valence-electron chi connectivity index (χ4n) is 16.1. The molecule has 1 amide bonds. The molecule has 7 aliphatic rings. The maximum Gasteiger partial charge on any atom is 0.407 e. The zero-order valence-electron chi connectivity index (χ0n) is 39.3. The molecule has 0 unspecified atom stereocenters. The van der Waals surface area contributed by atoms with Crippen LogP contribution in [0.5, 0.6) is 0 Å². The van der Waals surface area contributed by atoms with Crippen LogP contribution in [-0.2, 0) is 33.6 Å². The van der Waals surface area contributed by atoms with Gasteiger partial charge in [0.05, 0.1) is 29.9 Å². The minimum Gasteiger partial charge on any atom is -0.481 e. The molecule has 0 aromatic carbocycles. The molecule has 0 radical (unpaired) electrons. The van der Waals surface area contributed by atoms with Crippen LogP contribution < -0.4 is 10.6 Å². The maximum absolute atomic E-state index is 13.7. The number of carbonyl (C=O) groups is 3. The van der Waals surface area contributed by atoms with Crippen molar-refractivity contribution in [3.8, 4) is 0 Å². The number of hydrogen-bond donors (Lipinski definition) is 3. The maximum atomic E-state index is 13.7. The summed E-state index contributed by atoms with van der Waals surface area (Å²) in [7, 11) is -1.48. The molecule has 13 heteroatoms. The number of nitrogens with zero attached hydrogens (tertiary/aromatic N) is 1. The number of rotatable bonds is 13. The van der Waals surface area contributed by atoms with Crippen LogP contribution in [0.3, 0.4) is 0 Å². The van der Waals surface area contributed by atoms with Crippen molar-refractivity contribution in [2.24, 2.45) is 74.4 Å². The van der Waals surface area contributed by atoms with Gasteiger partial charge in [-0.1, -0.05) is 62.3 Å². The number of carbonyl (C=O) groups excluding carboxylic acids is 2. The van der Waals surface area contributed by atoms with Crippen molar-refractivity contribution in [2.45, 2.75) is 151 Å². The van der Waals surface area contributed by atoms with E-state index in [2.05, 4.69) is 64.0 Å². The second-order valence-electron chi connectivity index (χ2n) is 23.3. The number of esters is 1. The number of sulfone groups is 1. The Labute approximate surface area is 367 Å². The van der Waals surface area contributed by atoms with E-state index in [1.54, 1.807) is 7.11 Å². The molecular formula is C48H81N3O9S. The van der Waals surface area contributed by atoms with Gasteiger partial charge in [0.2, 0.25) is 0 Å². The van der Waals surface area contributed by atoms with Crippen LogP contribution in [0.2, 0.25) is 0 Å². The number of nitrogens with one attached hydrogen (secondary N) is 2. The quantitative estimate of drug-likeness (QED) is 0.127. The lowest BCUT2D eigenvalue weighted by Crippen LogP contribution is -2.69. The SMILES string of the molecule is COCCOC(=O)NC[C@@H](CN[C@]12CC[C@@H](C(C)C)[C@@H]1[C@H]1CC[C@@H]3[C@@]4(C)CC[C@H](OC(=O)[C@H]5C[C@@H](C(=O)O)C5(C)C)C(C)(C)[C@@H]4CC[C@@]3(C)[C@]1(C)CC2)N1CCS(=O)(=O)CC1. The normalized spacial score (nSPS) is 42.7. The largest absolute Gasteiger partial charge is 0.481 e. The van der Waals surface area contributed by atoms with Gasteiger partial charge in [0.1, 0.15) is 12.7 Å². The molecule has 61 heavy (non-hydrogen) atoms. The van der Waals surface area contributed by atoms with Crippen molar-refractivity contribution in [1.29, 1.82) is 0 Å². The number of hydrogen-bond acceptors (Lipinski definition) is 10. The summed E-state index contributed by atoms with van der Waals surface area (Å²) < 4.78 is 41.8. The Morgan fingerprint density at radius 2 is 1.49 bits per heavy atom. The average Bonchev–Trinajstić information content (AvgIpc) is 3.56. The standard InChI is InChI=1S/C48H81N3O9S/c1-30(2)32-13-18-48(50-29-31(28-49-42(55)59-24-23-58-10)51-21-25-61(56,57)26-22-51)20-19-46(8)33(39(32)48)11-12-37-45(7)16-15-38(44(5,6)36(45)14-17-47(37,46)9)60-41(54)35-27-34(40(52)53)43(35,3)4/h30-39,50H,11-29H2,1-10H3,(H,49,55)(H,52,53)/t31-,32-,33+,34-,35+,36-,37+,38-,39+,45-,46+,47+,48-/m0/s1. The smallest absolute Gasteiger partial charge is 0.407 e. The predicted octanol–water partition coefficient (Wildman–Crippen LogP) is 7.20. The van der Waals surface area contributed by atoms with E-state index >= 15 is 0 Å². The number of ether oxygens (including phenoxy) is 3. The van der Waals surface area contributed by atoms with Gasteiger partial charge in [-0.15, -0.1) is 0 Å². The molecule has 0 spiro atoms. The second-order valence-corrected chi connectivity index (χ2v) is 25.6. The van der Waals surface area contributed by atoms with Gasteiger partial charge in [0.15, 0.2) is 9.84 Å². The molecule has 3 N–H and O–H groups in total. The monoisotopic (exact) mass is 876 g/mol. The number of carboxylic acid groups (broad SMARTS) is 1. The van der Waals surface area contributed by atoms with Crippen molar-refractivity contribution < 1.29 is 42.1 Å². The molecule has 1 heterocycles. The summed E-state index contributed by atoms with van der Waals surface area (Å²) in [5.74, 6) is 1.68. The molecule has 0 bridgehead atoms. The highest BCUT2D eigenvalue weighted by atomic mass is 32.2. The summed E-state index contributed by atoms with van der Waals surface area (Å²) in [6.07, 6.45) is 11.0. The van der Waals surface area contributed by atoms with Gasteiger partial charge in [-0.25, -0.2) is 13.2 Å². The van der Waals surface area contributed by atoms with Crippen LogP contribution in [0.1, 0.15) is 133 Å². The van der Waals surface area contributed by atoms with Gasteiger partial charge in [-0.3, -0.25) is 14.5 Å². The first kappa shape index (κ1) is 47.0. The third-order valence-corrected chi connectivity index (χ3v) is 21.6. The summed E-state index contributed by atoms with van der Waals surface area (Å²) in [4.78, 5) is 40.5. The Hall–Kier alpha value is -1.96. The Morgan fingerprint density at radius 1 is 0.787 bits per heavy atom. The molecular weight excluding hydrogens is 795 g/mol. The first-order valence-electron chi connectivity index (χ1n) is 24.0. The Morgan fingerprint density at radius 3 is 2.13 bits per heavy atom.